The van der Waals surface area contributed by atoms with Gasteiger partial charge in [0.15, 0.2) is 9.84 Å². The average Bonchev–Trinajstić information content (AvgIpc) is 2.60. The minimum Gasteiger partial charge on any atom is -0.399 e. The lowest BCUT2D eigenvalue weighted by Gasteiger charge is -2.05. The fourth-order valence-corrected chi connectivity index (χ4v) is 4.73. The Hall–Kier alpha value is -1.11. The van der Waals surface area contributed by atoms with Crippen molar-refractivity contribution < 1.29 is 8.42 Å². The van der Waals surface area contributed by atoms with E-state index in [-0.39, 0.29) is 15.7 Å². The predicted octanol–water partition coefficient (Wildman–Crippen LogP) is 2.97. The van der Waals surface area contributed by atoms with E-state index >= 15 is 0 Å². The van der Waals surface area contributed by atoms with Crippen LogP contribution in [0.3, 0.4) is 0 Å². The molecular weight excluding hydrogens is 304 g/mol. The number of anilines is 1. The molecule has 4 nitrogen and oxygen atoms in total. The number of nitrogens with two attached hydrogens (primary N) is 1. The van der Waals surface area contributed by atoms with Crippen LogP contribution in [0.25, 0.3) is 0 Å². The zero-order valence-corrected chi connectivity index (χ0v) is 12.9. The van der Waals surface area contributed by atoms with Crippen LogP contribution >= 0.6 is 22.9 Å². The molecule has 0 amide bonds. The van der Waals surface area contributed by atoms with Gasteiger partial charge in [0.25, 0.3) is 0 Å². The number of benzene rings is 1. The molecule has 0 fully saturated rings. The summed E-state index contributed by atoms with van der Waals surface area (Å²) in [7, 11) is -3.53. The van der Waals surface area contributed by atoms with Gasteiger partial charge in [0, 0.05) is 10.6 Å². The molecule has 0 unspecified atom stereocenters. The first kappa shape index (κ1) is 14.3. The molecule has 0 aliphatic rings. The highest BCUT2D eigenvalue weighted by atomic mass is 35.5. The summed E-state index contributed by atoms with van der Waals surface area (Å²) >= 11 is 7.31. The molecule has 0 atom stereocenters. The van der Waals surface area contributed by atoms with E-state index in [9.17, 15) is 8.42 Å². The summed E-state index contributed by atoms with van der Waals surface area (Å²) in [6.45, 7) is 3.77. The Morgan fingerprint density at radius 1 is 1.37 bits per heavy atom. The van der Waals surface area contributed by atoms with Crippen molar-refractivity contribution in [2.75, 3.05) is 5.73 Å². The number of sulfone groups is 1. The van der Waals surface area contributed by atoms with Gasteiger partial charge in [-0.15, -0.1) is 11.3 Å². The fourth-order valence-electron chi connectivity index (χ4n) is 1.60. The maximum absolute atomic E-state index is 12.3. The molecule has 0 saturated heterocycles. The van der Waals surface area contributed by atoms with E-state index in [1.807, 2.05) is 13.8 Å². The highest BCUT2D eigenvalue weighted by Crippen LogP contribution is 2.28. The van der Waals surface area contributed by atoms with Crippen LogP contribution in [0.1, 0.15) is 15.6 Å². The fraction of sp³-hybridized carbons (Fsp3) is 0.250. The third-order valence-electron chi connectivity index (χ3n) is 2.68. The van der Waals surface area contributed by atoms with Crippen molar-refractivity contribution >= 4 is 38.5 Å². The van der Waals surface area contributed by atoms with Crippen molar-refractivity contribution in [3.63, 3.8) is 0 Å². The van der Waals surface area contributed by atoms with Gasteiger partial charge in [-0.3, -0.25) is 0 Å². The molecule has 0 bridgehead atoms. The monoisotopic (exact) mass is 316 g/mol. The second-order valence-electron chi connectivity index (χ2n) is 4.20. The molecule has 2 N–H and O–H groups in total. The summed E-state index contributed by atoms with van der Waals surface area (Å²) in [6.07, 6.45) is 0. The molecule has 0 radical (unpaired) electrons. The van der Waals surface area contributed by atoms with Crippen molar-refractivity contribution in [1.82, 2.24) is 4.98 Å². The Labute approximate surface area is 121 Å². The summed E-state index contributed by atoms with van der Waals surface area (Å²) in [4.78, 5) is 5.31. The first-order valence-corrected chi connectivity index (χ1v) is 8.35. The first-order chi connectivity index (χ1) is 8.79. The summed E-state index contributed by atoms with van der Waals surface area (Å²) in [5, 5.41) is 0.743. The zero-order chi connectivity index (χ0) is 14.2. The molecule has 0 aliphatic carbocycles. The van der Waals surface area contributed by atoms with Crippen LogP contribution in [0.4, 0.5) is 5.69 Å². The minimum absolute atomic E-state index is 0.0553. The Kier molecular flexibility index (Phi) is 3.85. The standard InChI is InChI=1S/C12H13ClN2O2S2/c1-7-8(2)18-12(15-7)6-19(16,17)11-5-9(14)3-4-10(11)13/h3-5H,6,14H2,1-2H3. The number of aromatic nitrogens is 1. The van der Waals surface area contributed by atoms with E-state index in [1.54, 1.807) is 6.07 Å². The second-order valence-corrected chi connectivity index (χ2v) is 7.85. The van der Waals surface area contributed by atoms with Crippen molar-refractivity contribution in [2.24, 2.45) is 0 Å². The molecule has 0 spiro atoms. The average molecular weight is 317 g/mol. The van der Waals surface area contributed by atoms with Crippen LogP contribution in [0.15, 0.2) is 23.1 Å². The van der Waals surface area contributed by atoms with E-state index in [2.05, 4.69) is 4.98 Å². The van der Waals surface area contributed by atoms with Crippen LogP contribution in [0.2, 0.25) is 5.02 Å². The van der Waals surface area contributed by atoms with Crippen molar-refractivity contribution in [3.8, 4) is 0 Å². The summed E-state index contributed by atoms with van der Waals surface area (Å²) < 4.78 is 24.6. The third-order valence-corrected chi connectivity index (χ3v) is 6.04. The Morgan fingerprint density at radius 3 is 2.63 bits per heavy atom. The van der Waals surface area contributed by atoms with E-state index in [1.165, 1.54) is 23.5 Å². The van der Waals surface area contributed by atoms with Gasteiger partial charge in [0.05, 0.1) is 15.6 Å². The number of nitrogens with zero attached hydrogens (tertiary/aromatic N) is 1. The quantitative estimate of drug-likeness (QED) is 0.883. The molecule has 0 aliphatic heterocycles. The van der Waals surface area contributed by atoms with Crippen molar-refractivity contribution in [1.29, 1.82) is 0 Å². The summed E-state index contributed by atoms with van der Waals surface area (Å²) in [6, 6.07) is 4.44. The molecule has 7 heteroatoms. The highest BCUT2D eigenvalue weighted by molar-refractivity contribution is 7.90. The number of thiazole rings is 1. The number of hydrogen-bond acceptors (Lipinski definition) is 5. The molecule has 1 aromatic carbocycles. The van der Waals surface area contributed by atoms with Gasteiger partial charge in [-0.2, -0.15) is 0 Å². The molecule has 102 valence electrons. The van der Waals surface area contributed by atoms with E-state index in [0.29, 0.717) is 10.7 Å². The Bertz CT molecular complexity index is 704. The zero-order valence-electron chi connectivity index (χ0n) is 10.5. The maximum Gasteiger partial charge on any atom is 0.186 e. The van der Waals surface area contributed by atoms with Crippen LogP contribution in [-0.2, 0) is 15.6 Å². The van der Waals surface area contributed by atoms with Gasteiger partial charge in [-0.25, -0.2) is 13.4 Å². The number of hydrogen-bond donors (Lipinski definition) is 1. The van der Waals surface area contributed by atoms with Crippen molar-refractivity contribution in [2.45, 2.75) is 24.5 Å². The SMILES string of the molecule is Cc1nc(CS(=O)(=O)c2cc(N)ccc2Cl)sc1C. The van der Waals surface area contributed by atoms with Crippen LogP contribution < -0.4 is 5.73 Å². The Morgan fingerprint density at radius 2 is 2.05 bits per heavy atom. The van der Waals surface area contributed by atoms with Crippen LogP contribution in [0, 0.1) is 13.8 Å². The van der Waals surface area contributed by atoms with Crippen LogP contribution in [0.5, 0.6) is 0 Å². The number of halogens is 1. The normalized spacial score (nSPS) is 11.7. The molecular formula is C12H13ClN2O2S2. The molecule has 0 saturated carbocycles. The topological polar surface area (TPSA) is 73.0 Å². The van der Waals surface area contributed by atoms with Crippen LogP contribution in [-0.4, -0.2) is 13.4 Å². The number of rotatable bonds is 3. The summed E-state index contributed by atoms with van der Waals surface area (Å²) in [5.74, 6) is -0.157. The lowest BCUT2D eigenvalue weighted by Crippen LogP contribution is -2.06. The Balaban J connectivity index is 2.40. The van der Waals surface area contributed by atoms with Gasteiger partial charge < -0.3 is 5.73 Å². The maximum atomic E-state index is 12.3. The van der Waals surface area contributed by atoms with Gasteiger partial charge in [-0.05, 0) is 32.0 Å². The smallest absolute Gasteiger partial charge is 0.186 e. The highest BCUT2D eigenvalue weighted by Gasteiger charge is 2.21. The van der Waals surface area contributed by atoms with Gasteiger partial charge in [-0.1, -0.05) is 11.6 Å². The van der Waals surface area contributed by atoms with Gasteiger partial charge in [0.2, 0.25) is 0 Å². The number of aryl methyl sites for hydroxylation is 2. The van der Waals surface area contributed by atoms with E-state index < -0.39 is 9.84 Å². The first-order valence-electron chi connectivity index (χ1n) is 5.50. The van der Waals surface area contributed by atoms with E-state index in [4.69, 9.17) is 17.3 Å². The molecule has 19 heavy (non-hydrogen) atoms. The molecule has 1 aromatic heterocycles. The third kappa shape index (κ3) is 3.08. The van der Waals surface area contributed by atoms with Gasteiger partial charge in [0.1, 0.15) is 10.8 Å². The van der Waals surface area contributed by atoms with Gasteiger partial charge >= 0.3 is 0 Å². The van der Waals surface area contributed by atoms with Crippen molar-refractivity contribution in [3.05, 3.63) is 38.8 Å². The molecule has 1 heterocycles. The predicted molar refractivity (Wildman–Crippen MR) is 78.3 cm³/mol. The largest absolute Gasteiger partial charge is 0.399 e. The number of nitrogen functional groups attached to an aromatic ring is 1. The minimum atomic E-state index is -3.53. The lowest BCUT2D eigenvalue weighted by atomic mass is 10.3. The molecule has 2 aromatic rings. The molecule has 2 rings (SSSR count). The van der Waals surface area contributed by atoms with E-state index in [0.717, 1.165) is 10.6 Å². The lowest BCUT2D eigenvalue weighted by molar-refractivity contribution is 0.595. The second kappa shape index (κ2) is 5.11. The summed E-state index contributed by atoms with van der Waals surface area (Å²) in [5.41, 5.74) is 6.84.